The predicted molar refractivity (Wildman–Crippen MR) is 361 cm³/mol. The van der Waals surface area contributed by atoms with Crippen LogP contribution in [0, 0.1) is 11.8 Å². The lowest BCUT2D eigenvalue weighted by molar-refractivity contribution is -0.140. The molecular formula is C64H113N19O13. The first kappa shape index (κ1) is 83.6. The number of primary amides is 1. The number of carbonyl (C=O) groups excluding carboxylic acids is 13. The summed E-state index contributed by atoms with van der Waals surface area (Å²) in [7, 11) is 0. The SMILES string of the molecule is CCCCCCCCCCCCCCCC(=O)NCC(=O)NCC(=O)NCC(=O)N[C@@H](Cc1cnc[nH]1)C(=O)NCC(=O)N1CCC[C@H]1C(=O)N[C@@H](CC(C)C)C(=O)NCC(=O)N[C@@H](CC(C)C)C(=O)N[C@@H](C)C(=O)N[C@@H](CCCN=C(N)N)C(=O)N[C@@H](CCCCN)C(N)=O. The first-order valence-corrected chi connectivity index (χ1v) is 34.2. The van der Waals surface area contributed by atoms with Crippen molar-refractivity contribution < 1.29 is 62.3 Å². The van der Waals surface area contributed by atoms with E-state index in [4.69, 9.17) is 22.9 Å². The van der Waals surface area contributed by atoms with Gasteiger partial charge in [-0.25, -0.2) is 4.98 Å². The highest BCUT2D eigenvalue weighted by molar-refractivity contribution is 5.98. The fourth-order valence-corrected chi connectivity index (χ4v) is 10.6. The summed E-state index contributed by atoms with van der Waals surface area (Å²) in [4.78, 5) is 184. The molecule has 32 nitrogen and oxygen atoms in total. The van der Waals surface area contributed by atoms with Gasteiger partial charge >= 0.3 is 0 Å². The zero-order valence-electron chi connectivity index (χ0n) is 57.4. The van der Waals surface area contributed by atoms with Crippen LogP contribution < -0.4 is 81.4 Å². The molecular weight excluding hydrogens is 1240 g/mol. The standard InChI is InChI=1S/C64H113N19O13/c1-7-8-9-10-11-12-13-14-15-16-17-18-19-27-51(84)71-35-52(85)72-36-53(86)73-37-54(87)79-49(33-44-34-69-40-76-44)60(93)75-39-56(89)83-30-23-26-50(83)63(96)82-47(31-41(2)3)59(92)74-38-55(88)78-48(32-42(4)5)62(95)77-43(6)58(91)81-46(25-22-29-70-64(67)68)61(94)80-45(57(66)90)24-20-21-28-65/h34,40-43,45-50H,7-33,35-39,65H2,1-6H3,(H2,66,90)(H,69,76)(H,71,84)(H,72,85)(H,73,86)(H,74,92)(H,75,93)(H,77,95)(H,78,88)(H,79,87)(H,80,94)(H,81,91)(H,82,96)(H4,67,68,70)/t43-,45-,46-,47-,48-,49-,50-/m0/s1. The minimum Gasteiger partial charge on any atom is -0.370 e. The molecule has 0 aromatic carbocycles. The molecule has 2 rings (SSSR count). The van der Waals surface area contributed by atoms with Crippen LogP contribution in [0.15, 0.2) is 17.5 Å². The van der Waals surface area contributed by atoms with E-state index in [1.54, 1.807) is 13.8 Å². The molecule has 0 radical (unpaired) electrons. The van der Waals surface area contributed by atoms with E-state index in [-0.39, 0.29) is 94.7 Å². The Hall–Kier alpha value is -8.45. The van der Waals surface area contributed by atoms with Crippen LogP contribution in [0.25, 0.3) is 0 Å². The number of aliphatic imine (C=N–C) groups is 1. The number of unbranched alkanes of at least 4 members (excludes halogenated alkanes) is 13. The number of nitrogens with two attached hydrogens (primary N) is 4. The summed E-state index contributed by atoms with van der Waals surface area (Å²) in [5.41, 5.74) is 22.4. The van der Waals surface area contributed by atoms with Crippen LogP contribution in [-0.2, 0) is 68.7 Å². The van der Waals surface area contributed by atoms with Crippen LogP contribution in [-0.4, -0.2) is 192 Å². The first-order valence-electron chi connectivity index (χ1n) is 34.2. The molecule has 1 aromatic rings. The monoisotopic (exact) mass is 1360 g/mol. The summed E-state index contributed by atoms with van der Waals surface area (Å²) < 4.78 is 0. The fourth-order valence-electron chi connectivity index (χ4n) is 10.6. The summed E-state index contributed by atoms with van der Waals surface area (Å²) in [6, 6.07) is -8.17. The van der Waals surface area contributed by atoms with Gasteiger partial charge in [-0.15, -0.1) is 0 Å². The Balaban J connectivity index is 1.94. The van der Waals surface area contributed by atoms with Gasteiger partial charge in [0.1, 0.15) is 42.3 Å². The predicted octanol–water partition coefficient (Wildman–Crippen LogP) is -1.31. The Kier molecular flexibility index (Phi) is 42.1. The van der Waals surface area contributed by atoms with Gasteiger partial charge in [0, 0.05) is 37.8 Å². The highest BCUT2D eigenvalue weighted by Gasteiger charge is 2.37. The van der Waals surface area contributed by atoms with E-state index in [1.165, 1.54) is 82.1 Å². The number of amides is 13. The third kappa shape index (κ3) is 37.0. The van der Waals surface area contributed by atoms with Crippen molar-refractivity contribution >= 4 is 82.8 Å². The van der Waals surface area contributed by atoms with Crippen molar-refractivity contribution in [2.24, 2.45) is 39.8 Å². The Bertz CT molecular complexity index is 2640. The zero-order chi connectivity index (χ0) is 71.4. The van der Waals surface area contributed by atoms with Gasteiger partial charge in [-0.3, -0.25) is 67.3 Å². The summed E-state index contributed by atoms with van der Waals surface area (Å²) >= 11 is 0. The molecule has 2 heterocycles. The summed E-state index contributed by atoms with van der Waals surface area (Å²) in [6.45, 7) is 8.84. The summed E-state index contributed by atoms with van der Waals surface area (Å²) in [5.74, 6) is -9.42. The van der Waals surface area contributed by atoms with Gasteiger partial charge in [-0.1, -0.05) is 112 Å². The van der Waals surface area contributed by atoms with Crippen LogP contribution >= 0.6 is 0 Å². The molecule has 13 amide bonds. The van der Waals surface area contributed by atoms with E-state index in [2.05, 4.69) is 80.4 Å². The molecule has 542 valence electrons. The molecule has 1 aromatic heterocycles. The minimum absolute atomic E-state index is 0.0362. The average molecular weight is 1360 g/mol. The van der Waals surface area contributed by atoms with E-state index in [0.717, 1.165) is 19.3 Å². The molecule has 1 aliphatic rings. The highest BCUT2D eigenvalue weighted by Crippen LogP contribution is 2.19. The van der Waals surface area contributed by atoms with Gasteiger partial charge in [0.15, 0.2) is 5.96 Å². The second kappa shape index (κ2) is 48.3. The normalized spacial score (nSPS) is 14.5. The number of aromatic nitrogens is 2. The molecule has 1 saturated heterocycles. The Morgan fingerprint density at radius 2 is 1.03 bits per heavy atom. The maximum Gasteiger partial charge on any atom is 0.243 e. The molecule has 7 atom stereocenters. The Labute approximate surface area is 564 Å². The number of likely N-dealkylation sites (tertiary alicyclic amines) is 1. The van der Waals surface area contributed by atoms with Crippen molar-refractivity contribution in [3.63, 3.8) is 0 Å². The van der Waals surface area contributed by atoms with Gasteiger partial charge in [-0.2, -0.15) is 0 Å². The van der Waals surface area contributed by atoms with Gasteiger partial charge in [0.25, 0.3) is 0 Å². The number of carbonyl (C=O) groups is 13. The molecule has 0 aliphatic carbocycles. The van der Waals surface area contributed by atoms with Crippen molar-refractivity contribution in [1.29, 1.82) is 0 Å². The number of hydrogen-bond donors (Lipinski definition) is 16. The maximum absolute atomic E-state index is 13.9. The van der Waals surface area contributed by atoms with Crippen molar-refractivity contribution in [2.45, 2.75) is 238 Å². The third-order valence-electron chi connectivity index (χ3n) is 15.8. The van der Waals surface area contributed by atoms with Crippen molar-refractivity contribution in [3.8, 4) is 0 Å². The summed E-state index contributed by atoms with van der Waals surface area (Å²) in [6.07, 6.45) is 20.8. The van der Waals surface area contributed by atoms with E-state index in [0.29, 0.717) is 37.9 Å². The van der Waals surface area contributed by atoms with Crippen LogP contribution in [0.3, 0.4) is 0 Å². The lowest BCUT2D eigenvalue weighted by Crippen LogP contribution is -2.58. The number of imidazole rings is 1. The molecule has 0 saturated carbocycles. The van der Waals surface area contributed by atoms with Crippen LogP contribution in [0.5, 0.6) is 0 Å². The van der Waals surface area contributed by atoms with E-state index in [1.807, 2.05) is 13.8 Å². The molecule has 0 unspecified atom stereocenters. The van der Waals surface area contributed by atoms with Crippen molar-refractivity contribution in [1.82, 2.24) is 73.4 Å². The largest absolute Gasteiger partial charge is 0.370 e. The summed E-state index contributed by atoms with van der Waals surface area (Å²) in [5, 5.41) is 28.0. The van der Waals surface area contributed by atoms with Crippen LogP contribution in [0.2, 0.25) is 0 Å². The second-order valence-corrected chi connectivity index (χ2v) is 25.3. The molecule has 1 fully saturated rings. The third-order valence-corrected chi connectivity index (χ3v) is 15.8. The maximum atomic E-state index is 13.9. The molecule has 0 bridgehead atoms. The molecule has 32 heteroatoms. The Morgan fingerprint density at radius 1 is 0.531 bits per heavy atom. The van der Waals surface area contributed by atoms with Crippen molar-refractivity contribution in [2.75, 3.05) is 52.4 Å². The lowest BCUT2D eigenvalue weighted by Gasteiger charge is -2.27. The molecule has 20 N–H and O–H groups in total. The lowest BCUT2D eigenvalue weighted by atomic mass is 10.0. The molecule has 96 heavy (non-hydrogen) atoms. The van der Waals surface area contributed by atoms with E-state index >= 15 is 0 Å². The highest BCUT2D eigenvalue weighted by atomic mass is 16.2. The van der Waals surface area contributed by atoms with Gasteiger partial charge in [0.05, 0.1) is 39.1 Å². The van der Waals surface area contributed by atoms with Gasteiger partial charge in [-0.05, 0) is 89.5 Å². The van der Waals surface area contributed by atoms with Crippen LogP contribution in [0.4, 0.5) is 0 Å². The fraction of sp³-hybridized carbons (Fsp3) is 0.734. The molecule has 0 spiro atoms. The number of nitrogens with one attached hydrogen (secondary N) is 12. The van der Waals surface area contributed by atoms with E-state index < -0.39 is 139 Å². The quantitative estimate of drug-likeness (QED) is 0.0205. The average Bonchev–Trinajstić information content (AvgIpc) is 1.65. The number of hydrogen-bond acceptors (Lipinski definition) is 16. The topological polar surface area (TPSA) is 503 Å². The van der Waals surface area contributed by atoms with Gasteiger partial charge in [0.2, 0.25) is 76.8 Å². The Morgan fingerprint density at radius 3 is 1.58 bits per heavy atom. The van der Waals surface area contributed by atoms with Crippen LogP contribution in [0.1, 0.15) is 195 Å². The van der Waals surface area contributed by atoms with Crippen molar-refractivity contribution in [3.05, 3.63) is 18.2 Å². The van der Waals surface area contributed by atoms with Gasteiger partial charge < -0.3 is 91.3 Å². The number of H-pyrrole nitrogens is 1. The minimum atomic E-state index is -1.27. The number of guanidine groups is 1. The first-order chi connectivity index (χ1) is 45.7. The number of rotatable bonds is 51. The number of nitrogens with zero attached hydrogens (tertiary/aromatic N) is 3. The second-order valence-electron chi connectivity index (χ2n) is 25.3. The molecule has 1 aliphatic heterocycles. The number of aromatic amines is 1. The zero-order valence-corrected chi connectivity index (χ0v) is 57.4. The smallest absolute Gasteiger partial charge is 0.243 e. The van der Waals surface area contributed by atoms with E-state index in [9.17, 15) is 62.3 Å².